The van der Waals surface area contributed by atoms with Crippen LogP contribution < -0.4 is 4.90 Å². The van der Waals surface area contributed by atoms with Gasteiger partial charge in [0.2, 0.25) is 0 Å². The molecule has 0 fully saturated rings. The molecule has 0 aliphatic rings. The third kappa shape index (κ3) is 8.85. The zero-order chi connectivity index (χ0) is 25.8. The van der Waals surface area contributed by atoms with Gasteiger partial charge in [-0.2, -0.15) is 10.2 Å². The molecule has 0 aromatic heterocycles. The van der Waals surface area contributed by atoms with Crippen LogP contribution in [0.15, 0.2) is 75.0 Å². The molecule has 0 atom stereocenters. The molecule has 0 N–H and O–H groups in total. The maximum Gasteiger partial charge on any atom is 2.00 e. The van der Waals surface area contributed by atoms with Crippen LogP contribution >= 0.6 is 0 Å². The van der Waals surface area contributed by atoms with E-state index >= 15 is 0 Å². The molecule has 197 valence electrons. The predicted molar refractivity (Wildman–Crippen MR) is 156 cm³/mol. The molecule has 0 heterocycles. The molecule has 0 saturated carbocycles. The average Bonchev–Trinajstić information content (AvgIpc) is 2.88. The van der Waals surface area contributed by atoms with Gasteiger partial charge in [0.15, 0.2) is 0 Å². The molecule has 0 aliphatic carbocycles. The first-order valence-electron chi connectivity index (χ1n) is 11.8. The number of hydrogen-bond donors (Lipinski definition) is 0. The third-order valence-electron chi connectivity index (χ3n) is 5.47. The molecule has 2 aromatic rings. The van der Waals surface area contributed by atoms with E-state index in [9.17, 15) is 0 Å². The third-order valence-corrected chi connectivity index (χ3v) is 6.15. The Hall–Kier alpha value is -2.52. The number of anilines is 1. The number of hydrogen-bond acceptors (Lipinski definition) is 7. The summed E-state index contributed by atoms with van der Waals surface area (Å²) in [5, 5.41) is 18.9. The molecule has 0 unspecified atom stereocenters. The van der Waals surface area contributed by atoms with E-state index in [0.717, 1.165) is 43.0 Å². The second-order valence-corrected chi connectivity index (χ2v) is 8.54. The number of nitrogens with zero attached hydrogens (tertiary/aromatic N) is 7. The van der Waals surface area contributed by atoms with Gasteiger partial charge in [-0.05, 0) is 39.8 Å². The summed E-state index contributed by atoms with van der Waals surface area (Å²) in [6.45, 7) is 11.2. The Kier molecular flexibility index (Phi) is 14.2. The molecule has 0 amide bonds. The Bertz CT molecular complexity index is 1040. The van der Waals surface area contributed by atoms with Crippen molar-refractivity contribution in [2.45, 2.75) is 27.7 Å². The van der Waals surface area contributed by atoms with Crippen molar-refractivity contribution in [3.8, 4) is 0 Å². The second kappa shape index (κ2) is 16.3. The van der Waals surface area contributed by atoms with Crippen LogP contribution in [0, 0.1) is 0 Å². The van der Waals surface area contributed by atoms with Crippen LogP contribution in [0.3, 0.4) is 0 Å². The van der Waals surface area contributed by atoms with Crippen molar-refractivity contribution < 1.29 is 17.1 Å². The van der Waals surface area contributed by atoms with Crippen molar-refractivity contribution in [1.29, 1.82) is 0 Å². The average molecular weight is 573 g/mol. The quantitative estimate of drug-likeness (QED) is 0.139. The summed E-state index contributed by atoms with van der Waals surface area (Å²) in [6.07, 6.45) is 0. The molecule has 2 aromatic carbocycles. The topological polar surface area (TPSA) is 59.2 Å². The second-order valence-electron chi connectivity index (χ2n) is 7.81. The maximum atomic E-state index is 5.53. The van der Waals surface area contributed by atoms with Crippen molar-refractivity contribution >= 4 is 52.7 Å². The van der Waals surface area contributed by atoms with Crippen molar-refractivity contribution in [2.75, 3.05) is 45.2 Å². The summed E-state index contributed by atoms with van der Waals surface area (Å²) in [5.74, 6) is 0. The summed E-state index contributed by atoms with van der Waals surface area (Å²) in [5.41, 5.74) is 3.94. The Labute approximate surface area is 237 Å². The first kappa shape index (κ1) is 31.5. The van der Waals surface area contributed by atoms with Crippen molar-refractivity contribution in [3.63, 3.8) is 0 Å². The summed E-state index contributed by atoms with van der Waals surface area (Å²) < 4.78 is 0. The van der Waals surface area contributed by atoms with Gasteiger partial charge in [0.05, 0.1) is 0 Å². The van der Waals surface area contributed by atoms with E-state index in [1.807, 2.05) is 111 Å². The number of benzene rings is 2. The minimum Gasteiger partial charge on any atom is -0.741 e. The standard InChI is InChI=1S/C26H37N7S2.Cu/c1-7-32(8-2)25(34)29-27-23(20-14-12-11-13-15-20)24(28-30-26(35)33(9-3)10-4)21-16-18-22(19-17-21)31(5)6;/h11-19H,7-10H2,1-6H3,(H,29,34)(H,30,35);/q;+2/p-2/b27-23+,28-24+;. The minimum atomic E-state index is 0. The summed E-state index contributed by atoms with van der Waals surface area (Å²) in [6, 6.07) is 17.9. The summed E-state index contributed by atoms with van der Waals surface area (Å²) in [7, 11) is 4.01. The van der Waals surface area contributed by atoms with Crippen molar-refractivity contribution in [2.24, 2.45) is 20.4 Å². The first-order valence-corrected chi connectivity index (χ1v) is 12.7. The molecule has 36 heavy (non-hydrogen) atoms. The van der Waals surface area contributed by atoms with Gasteiger partial charge in [0.1, 0.15) is 11.4 Å². The summed E-state index contributed by atoms with van der Waals surface area (Å²) >= 11 is 11.0. The molecule has 7 nitrogen and oxygen atoms in total. The van der Waals surface area contributed by atoms with Crippen LogP contribution in [-0.4, -0.2) is 71.8 Å². The molecule has 1 radical (unpaired) electrons. The van der Waals surface area contributed by atoms with Gasteiger partial charge in [0.25, 0.3) is 0 Å². The van der Waals surface area contributed by atoms with Crippen LogP contribution in [0.4, 0.5) is 5.69 Å². The van der Waals surface area contributed by atoms with Crippen LogP contribution in [0.25, 0.3) is 0 Å². The predicted octanol–water partition coefficient (Wildman–Crippen LogP) is 4.35. The van der Waals surface area contributed by atoms with Crippen molar-refractivity contribution in [3.05, 3.63) is 65.7 Å². The van der Waals surface area contributed by atoms with Gasteiger partial charge in [-0.25, -0.2) is 0 Å². The fourth-order valence-corrected chi connectivity index (χ4v) is 3.90. The van der Waals surface area contributed by atoms with Gasteiger partial charge in [0, 0.05) is 67.4 Å². The Morgan fingerprint density at radius 3 is 1.36 bits per heavy atom. The normalized spacial score (nSPS) is 12.7. The van der Waals surface area contributed by atoms with Gasteiger partial charge in [-0.3, -0.25) is 0 Å². The Morgan fingerprint density at radius 2 is 1.00 bits per heavy atom. The molecule has 0 bridgehead atoms. The van der Waals surface area contributed by atoms with Gasteiger partial charge >= 0.3 is 17.1 Å². The Morgan fingerprint density at radius 1 is 0.611 bits per heavy atom. The number of amidine groups is 2. The minimum absolute atomic E-state index is 0. The summed E-state index contributed by atoms with van der Waals surface area (Å²) in [4.78, 5) is 6.00. The van der Waals surface area contributed by atoms with Crippen LogP contribution in [0.1, 0.15) is 38.8 Å². The van der Waals surface area contributed by atoms with Gasteiger partial charge in [-0.1, -0.05) is 42.5 Å². The molecule has 0 saturated heterocycles. The Balaban J connectivity index is 0.00000648. The monoisotopic (exact) mass is 572 g/mol. The zero-order valence-corrected chi connectivity index (χ0v) is 24.3. The number of rotatable bonds is 10. The molecule has 0 aliphatic heterocycles. The van der Waals surface area contributed by atoms with Crippen LogP contribution in [0.5, 0.6) is 0 Å². The maximum absolute atomic E-state index is 5.53. The van der Waals surface area contributed by atoms with E-state index in [2.05, 4.69) is 20.4 Å². The first-order chi connectivity index (χ1) is 16.9. The van der Waals surface area contributed by atoms with Crippen LogP contribution in [-0.2, 0) is 42.3 Å². The van der Waals surface area contributed by atoms with E-state index < -0.39 is 0 Å². The molecular formula is C26H35CuN7S2. The van der Waals surface area contributed by atoms with E-state index in [1.165, 1.54) is 0 Å². The molecule has 2 rings (SSSR count). The smallest absolute Gasteiger partial charge is 0.741 e. The fraction of sp³-hybridized carbons (Fsp3) is 0.385. The fourth-order valence-electron chi connectivity index (χ4n) is 3.30. The van der Waals surface area contributed by atoms with Gasteiger partial charge < -0.3 is 40.0 Å². The van der Waals surface area contributed by atoms with Crippen LogP contribution in [0.2, 0.25) is 0 Å². The largest absolute Gasteiger partial charge is 2.00 e. The van der Waals surface area contributed by atoms with E-state index in [1.54, 1.807) is 0 Å². The van der Waals surface area contributed by atoms with Gasteiger partial charge in [-0.15, -0.1) is 10.2 Å². The zero-order valence-electron chi connectivity index (χ0n) is 21.8. The molecular weight excluding hydrogens is 538 g/mol. The van der Waals surface area contributed by atoms with E-state index in [0.29, 0.717) is 21.8 Å². The van der Waals surface area contributed by atoms with E-state index in [4.69, 9.17) is 25.3 Å². The van der Waals surface area contributed by atoms with E-state index in [-0.39, 0.29) is 17.1 Å². The molecule has 0 spiro atoms. The SMILES string of the molecule is CCN(CC)/C([S-])=N/N=C(/C(=N/N=C(\[S-])N(CC)CC)c1ccc(N(C)C)cc1)c1ccccc1.[Cu+2]. The molecule has 10 heteroatoms. The van der Waals surface area contributed by atoms with Crippen molar-refractivity contribution in [1.82, 2.24) is 9.80 Å².